The van der Waals surface area contributed by atoms with E-state index in [-0.39, 0.29) is 17.2 Å². The molecule has 0 fully saturated rings. The molecule has 4 aromatic carbocycles. The number of phenolic OH excluding ortho intramolecular Hbond substituents is 3. The number of hydrogen-bond acceptors (Lipinski definition) is 5. The smallest absolute Gasteiger partial charge is 0.134 e. The number of rotatable bonds is 5. The van der Waals surface area contributed by atoms with Gasteiger partial charge in [0.05, 0.1) is 0 Å². The highest BCUT2D eigenvalue weighted by atomic mass is 16.5. The first kappa shape index (κ1) is 23.1. The molecule has 0 unspecified atom stereocenters. The first-order valence-electron chi connectivity index (χ1n) is 11.1. The number of nitrogens with zero attached hydrogens (tertiary/aromatic N) is 1. The molecule has 0 aliphatic carbocycles. The van der Waals surface area contributed by atoms with Crippen molar-refractivity contribution in [3.8, 4) is 28.7 Å². The van der Waals surface area contributed by atoms with Gasteiger partial charge in [-0.15, -0.1) is 0 Å². The Morgan fingerprint density at radius 2 is 1.21 bits per heavy atom. The Morgan fingerprint density at radius 1 is 0.618 bits per heavy atom. The zero-order valence-electron chi connectivity index (χ0n) is 20.0. The largest absolute Gasteiger partial charge is 0.508 e. The lowest BCUT2D eigenvalue weighted by Crippen LogP contribution is -2.13. The summed E-state index contributed by atoms with van der Waals surface area (Å²) in [6.45, 7) is 9.68. The number of aromatic hydroxyl groups is 3. The summed E-state index contributed by atoms with van der Waals surface area (Å²) >= 11 is 0. The van der Waals surface area contributed by atoms with Gasteiger partial charge in [0.1, 0.15) is 28.7 Å². The van der Waals surface area contributed by atoms with E-state index in [0.717, 1.165) is 44.9 Å². The standard InChI is InChI=1S/C29H29NO4/c1-17-9-10-23(31)16-29(17)34-24-8-6-7-22(15-24)30(25-11-13-27(32)20(4)18(25)2)26-12-14-28(33)21(5)19(26)3/h6-16,31-33H,1-5H3. The Kier molecular flexibility index (Phi) is 6.12. The number of ether oxygens (including phenoxy) is 1. The molecule has 0 aliphatic heterocycles. The Labute approximate surface area is 200 Å². The second-order valence-electron chi connectivity index (χ2n) is 8.59. The van der Waals surface area contributed by atoms with Crippen LogP contribution in [0.15, 0.2) is 66.7 Å². The average Bonchev–Trinajstić information content (AvgIpc) is 2.81. The van der Waals surface area contributed by atoms with E-state index in [1.165, 1.54) is 0 Å². The maximum absolute atomic E-state index is 10.2. The van der Waals surface area contributed by atoms with Gasteiger partial charge in [0.2, 0.25) is 0 Å². The van der Waals surface area contributed by atoms with Gasteiger partial charge < -0.3 is 25.0 Å². The highest BCUT2D eigenvalue weighted by molar-refractivity contribution is 5.82. The van der Waals surface area contributed by atoms with Crippen molar-refractivity contribution in [2.24, 2.45) is 0 Å². The molecule has 0 bridgehead atoms. The van der Waals surface area contributed by atoms with Gasteiger partial charge in [0, 0.05) is 29.2 Å². The van der Waals surface area contributed by atoms with E-state index in [4.69, 9.17) is 4.74 Å². The van der Waals surface area contributed by atoms with Crippen LogP contribution in [-0.4, -0.2) is 15.3 Å². The van der Waals surface area contributed by atoms with Crippen molar-refractivity contribution < 1.29 is 20.1 Å². The predicted molar refractivity (Wildman–Crippen MR) is 136 cm³/mol. The fourth-order valence-electron chi connectivity index (χ4n) is 3.99. The van der Waals surface area contributed by atoms with Crippen LogP contribution in [0.2, 0.25) is 0 Å². The Bertz CT molecular complexity index is 1320. The van der Waals surface area contributed by atoms with Gasteiger partial charge in [-0.25, -0.2) is 0 Å². The van der Waals surface area contributed by atoms with E-state index in [2.05, 4.69) is 4.90 Å². The van der Waals surface area contributed by atoms with E-state index >= 15 is 0 Å². The van der Waals surface area contributed by atoms with Crippen LogP contribution >= 0.6 is 0 Å². The first-order valence-corrected chi connectivity index (χ1v) is 11.1. The highest BCUT2D eigenvalue weighted by Crippen LogP contribution is 2.43. The summed E-state index contributed by atoms with van der Waals surface area (Å²) in [5.41, 5.74) is 7.09. The molecule has 0 atom stereocenters. The minimum Gasteiger partial charge on any atom is -0.508 e. The summed E-state index contributed by atoms with van der Waals surface area (Å²) in [7, 11) is 0. The molecular weight excluding hydrogens is 426 g/mol. The lowest BCUT2D eigenvalue weighted by Gasteiger charge is -2.30. The number of aryl methyl sites for hydroxylation is 1. The van der Waals surface area contributed by atoms with Gasteiger partial charge in [-0.2, -0.15) is 0 Å². The fourth-order valence-corrected chi connectivity index (χ4v) is 3.99. The van der Waals surface area contributed by atoms with Crippen molar-refractivity contribution >= 4 is 17.1 Å². The van der Waals surface area contributed by atoms with Gasteiger partial charge in [-0.3, -0.25) is 0 Å². The van der Waals surface area contributed by atoms with E-state index in [0.29, 0.717) is 11.5 Å². The van der Waals surface area contributed by atoms with Crippen molar-refractivity contribution in [1.82, 2.24) is 0 Å². The van der Waals surface area contributed by atoms with Crippen molar-refractivity contribution in [2.75, 3.05) is 4.90 Å². The highest BCUT2D eigenvalue weighted by Gasteiger charge is 2.20. The van der Waals surface area contributed by atoms with Crippen LogP contribution in [0.5, 0.6) is 28.7 Å². The molecule has 0 saturated carbocycles. The summed E-state index contributed by atoms with van der Waals surface area (Å²) in [4.78, 5) is 2.10. The van der Waals surface area contributed by atoms with E-state index in [9.17, 15) is 15.3 Å². The van der Waals surface area contributed by atoms with Crippen LogP contribution in [0.1, 0.15) is 27.8 Å². The van der Waals surface area contributed by atoms with E-state index in [1.807, 2.05) is 77.1 Å². The summed E-state index contributed by atoms with van der Waals surface area (Å²) in [6, 6.07) is 19.9. The second kappa shape index (κ2) is 9.02. The van der Waals surface area contributed by atoms with Crippen molar-refractivity contribution in [3.05, 3.63) is 94.5 Å². The normalized spacial score (nSPS) is 10.9. The van der Waals surface area contributed by atoms with Crippen LogP contribution in [0.25, 0.3) is 0 Å². The quantitative estimate of drug-likeness (QED) is 0.289. The SMILES string of the molecule is Cc1ccc(O)cc1Oc1cccc(N(c2ccc(O)c(C)c2C)c2ccc(O)c(C)c2C)c1. The lowest BCUT2D eigenvalue weighted by molar-refractivity contribution is 0.453. The lowest BCUT2D eigenvalue weighted by atomic mass is 10.0. The van der Waals surface area contributed by atoms with Crippen LogP contribution in [0.4, 0.5) is 17.1 Å². The molecule has 3 N–H and O–H groups in total. The maximum Gasteiger partial charge on any atom is 0.134 e. The molecular formula is C29H29NO4. The monoisotopic (exact) mass is 455 g/mol. The molecule has 4 rings (SSSR count). The minimum atomic E-state index is 0.142. The summed E-state index contributed by atoms with van der Waals surface area (Å²) in [6.07, 6.45) is 0. The average molecular weight is 456 g/mol. The molecule has 0 spiro atoms. The molecule has 34 heavy (non-hydrogen) atoms. The van der Waals surface area contributed by atoms with Crippen LogP contribution in [0.3, 0.4) is 0 Å². The van der Waals surface area contributed by atoms with Crippen molar-refractivity contribution in [3.63, 3.8) is 0 Å². The second-order valence-corrected chi connectivity index (χ2v) is 8.59. The summed E-state index contributed by atoms with van der Waals surface area (Å²) in [5.74, 6) is 1.84. The molecule has 0 saturated heterocycles. The molecule has 5 heteroatoms. The van der Waals surface area contributed by atoms with Gasteiger partial charge in [0.25, 0.3) is 0 Å². The zero-order chi connectivity index (χ0) is 24.6. The molecule has 5 nitrogen and oxygen atoms in total. The van der Waals surface area contributed by atoms with Gasteiger partial charge >= 0.3 is 0 Å². The third-order valence-corrected chi connectivity index (χ3v) is 6.42. The number of anilines is 3. The molecule has 0 amide bonds. The molecule has 0 heterocycles. The van der Waals surface area contributed by atoms with E-state index < -0.39 is 0 Å². The number of hydrogen-bond donors (Lipinski definition) is 3. The Morgan fingerprint density at radius 3 is 1.79 bits per heavy atom. The van der Waals surface area contributed by atoms with Gasteiger partial charge in [-0.1, -0.05) is 12.1 Å². The molecule has 0 aromatic heterocycles. The summed E-state index contributed by atoms with van der Waals surface area (Å²) < 4.78 is 6.13. The Hall–Kier alpha value is -4.12. The molecule has 0 aliphatic rings. The van der Waals surface area contributed by atoms with E-state index in [1.54, 1.807) is 24.3 Å². The van der Waals surface area contributed by atoms with Crippen molar-refractivity contribution in [1.29, 1.82) is 0 Å². The van der Waals surface area contributed by atoms with Gasteiger partial charge in [-0.05, 0) is 105 Å². The number of phenols is 3. The molecule has 0 radical (unpaired) electrons. The topological polar surface area (TPSA) is 73.2 Å². The number of benzene rings is 4. The van der Waals surface area contributed by atoms with Crippen LogP contribution < -0.4 is 9.64 Å². The first-order chi connectivity index (χ1) is 16.2. The summed E-state index contributed by atoms with van der Waals surface area (Å²) in [5, 5.41) is 30.4. The van der Waals surface area contributed by atoms with Crippen LogP contribution in [-0.2, 0) is 0 Å². The zero-order valence-corrected chi connectivity index (χ0v) is 20.0. The third-order valence-electron chi connectivity index (χ3n) is 6.42. The Balaban J connectivity index is 1.88. The fraction of sp³-hybridized carbons (Fsp3) is 0.172. The predicted octanol–water partition coefficient (Wildman–Crippen LogP) is 7.61. The molecule has 174 valence electrons. The van der Waals surface area contributed by atoms with Gasteiger partial charge in [0.15, 0.2) is 0 Å². The van der Waals surface area contributed by atoms with Crippen LogP contribution in [0, 0.1) is 34.6 Å². The third kappa shape index (κ3) is 4.25. The van der Waals surface area contributed by atoms with Crippen molar-refractivity contribution in [2.45, 2.75) is 34.6 Å². The maximum atomic E-state index is 10.2. The molecule has 4 aromatic rings. The minimum absolute atomic E-state index is 0.142.